The van der Waals surface area contributed by atoms with Crippen molar-refractivity contribution in [1.29, 1.82) is 0 Å². The minimum Gasteiger partial charge on any atom is -0.301 e. The Labute approximate surface area is 146 Å². The standard InChI is InChI=1S/C18H19FN2O3S/c1-12-6-4-9-15-17(12)25(23,24)21(18(15)22)11-16(20(2)3)13-7-5-8-14(19)10-13/h4-10,16H,11H2,1-3H3. The van der Waals surface area contributed by atoms with Gasteiger partial charge >= 0.3 is 0 Å². The second-order valence-electron chi connectivity index (χ2n) is 6.33. The van der Waals surface area contributed by atoms with Crippen molar-refractivity contribution in [3.63, 3.8) is 0 Å². The minimum absolute atomic E-state index is 0.0664. The van der Waals surface area contributed by atoms with E-state index in [9.17, 15) is 17.6 Å². The van der Waals surface area contributed by atoms with Gasteiger partial charge in [0, 0.05) is 0 Å². The average molecular weight is 362 g/mol. The van der Waals surface area contributed by atoms with Crippen LogP contribution < -0.4 is 0 Å². The Hall–Kier alpha value is -2.25. The van der Waals surface area contributed by atoms with Crippen LogP contribution in [0.3, 0.4) is 0 Å². The lowest BCUT2D eigenvalue weighted by Crippen LogP contribution is -2.38. The molecule has 0 fully saturated rings. The summed E-state index contributed by atoms with van der Waals surface area (Å²) in [5.74, 6) is -0.943. The Morgan fingerprint density at radius 3 is 2.44 bits per heavy atom. The number of halogens is 1. The van der Waals surface area contributed by atoms with Gasteiger partial charge in [-0.2, -0.15) is 0 Å². The third-order valence-corrected chi connectivity index (χ3v) is 6.37. The van der Waals surface area contributed by atoms with Crippen LogP contribution >= 0.6 is 0 Å². The van der Waals surface area contributed by atoms with Crippen molar-refractivity contribution in [1.82, 2.24) is 9.21 Å². The number of rotatable bonds is 4. The molecule has 25 heavy (non-hydrogen) atoms. The Bertz CT molecular complexity index is 941. The van der Waals surface area contributed by atoms with Crippen LogP contribution in [0.5, 0.6) is 0 Å². The number of benzene rings is 2. The third-order valence-electron chi connectivity index (χ3n) is 4.41. The monoisotopic (exact) mass is 362 g/mol. The van der Waals surface area contributed by atoms with Gasteiger partial charge in [-0.1, -0.05) is 24.3 Å². The first-order chi connectivity index (χ1) is 11.7. The van der Waals surface area contributed by atoms with Crippen LogP contribution in [0.25, 0.3) is 0 Å². The van der Waals surface area contributed by atoms with Gasteiger partial charge in [-0.3, -0.25) is 4.79 Å². The Balaban J connectivity index is 2.02. The highest BCUT2D eigenvalue weighted by molar-refractivity contribution is 7.90. The molecular weight excluding hydrogens is 343 g/mol. The van der Waals surface area contributed by atoms with Crippen LogP contribution in [0.2, 0.25) is 0 Å². The molecule has 0 aliphatic carbocycles. The van der Waals surface area contributed by atoms with E-state index in [4.69, 9.17) is 0 Å². The average Bonchev–Trinajstić information content (AvgIpc) is 2.72. The maximum Gasteiger partial charge on any atom is 0.269 e. The highest BCUT2D eigenvalue weighted by Crippen LogP contribution is 2.34. The summed E-state index contributed by atoms with van der Waals surface area (Å²) < 4.78 is 40.2. The molecule has 1 aliphatic heterocycles. The predicted molar refractivity (Wildman–Crippen MR) is 92.2 cm³/mol. The van der Waals surface area contributed by atoms with Gasteiger partial charge in [-0.05, 0) is 50.3 Å². The van der Waals surface area contributed by atoms with E-state index >= 15 is 0 Å². The smallest absolute Gasteiger partial charge is 0.269 e. The Kier molecular flexibility index (Phi) is 4.38. The maximum atomic E-state index is 13.6. The molecule has 1 unspecified atom stereocenters. The van der Waals surface area contributed by atoms with Crippen LogP contribution in [-0.4, -0.2) is 44.2 Å². The summed E-state index contributed by atoms with van der Waals surface area (Å²) in [4.78, 5) is 14.5. The molecule has 1 aliphatic rings. The van der Waals surface area contributed by atoms with E-state index < -0.39 is 27.8 Å². The van der Waals surface area contributed by atoms with Crippen LogP contribution in [0.1, 0.15) is 27.5 Å². The van der Waals surface area contributed by atoms with Crippen molar-refractivity contribution in [3.8, 4) is 0 Å². The molecule has 3 rings (SSSR count). The minimum atomic E-state index is -3.91. The zero-order valence-electron chi connectivity index (χ0n) is 14.2. The number of likely N-dealkylation sites (N-methyl/N-ethyl adjacent to an activating group) is 1. The molecule has 0 aromatic heterocycles. The molecule has 1 heterocycles. The zero-order valence-corrected chi connectivity index (χ0v) is 15.0. The first-order valence-electron chi connectivity index (χ1n) is 7.82. The summed E-state index contributed by atoms with van der Waals surface area (Å²) in [6.07, 6.45) is 0. The van der Waals surface area contributed by atoms with E-state index in [0.717, 1.165) is 4.31 Å². The van der Waals surface area contributed by atoms with Crippen LogP contribution in [0, 0.1) is 12.7 Å². The lowest BCUT2D eigenvalue weighted by Gasteiger charge is -2.28. The predicted octanol–water partition coefficient (Wildman–Crippen LogP) is 2.58. The van der Waals surface area contributed by atoms with Crippen molar-refractivity contribution in [2.24, 2.45) is 0 Å². The molecule has 1 amide bonds. The molecule has 0 saturated carbocycles. The third kappa shape index (κ3) is 2.94. The van der Waals surface area contributed by atoms with E-state index in [1.165, 1.54) is 18.2 Å². The van der Waals surface area contributed by atoms with Gasteiger partial charge in [0.05, 0.1) is 18.2 Å². The molecule has 0 N–H and O–H groups in total. The first-order valence-corrected chi connectivity index (χ1v) is 9.26. The van der Waals surface area contributed by atoms with Crippen LogP contribution in [-0.2, 0) is 10.0 Å². The van der Waals surface area contributed by atoms with E-state index in [2.05, 4.69) is 0 Å². The Morgan fingerprint density at radius 2 is 1.84 bits per heavy atom. The fraction of sp³-hybridized carbons (Fsp3) is 0.278. The van der Waals surface area contributed by atoms with E-state index in [1.54, 1.807) is 50.2 Å². The van der Waals surface area contributed by atoms with Gasteiger partial charge in [0.15, 0.2) is 0 Å². The fourth-order valence-electron chi connectivity index (χ4n) is 3.14. The summed E-state index contributed by atoms with van der Waals surface area (Å²) in [7, 11) is -0.380. The van der Waals surface area contributed by atoms with Gasteiger partial charge < -0.3 is 4.90 Å². The second kappa shape index (κ2) is 6.24. The fourth-order valence-corrected chi connectivity index (χ4v) is 4.92. The van der Waals surface area contributed by atoms with Gasteiger partial charge in [0.1, 0.15) is 10.7 Å². The van der Waals surface area contributed by atoms with Gasteiger partial charge in [0.25, 0.3) is 15.9 Å². The number of amides is 1. The molecule has 5 nitrogen and oxygen atoms in total. The molecule has 0 radical (unpaired) electrons. The van der Waals surface area contributed by atoms with Crippen LogP contribution in [0.15, 0.2) is 47.4 Å². The molecule has 0 spiro atoms. The summed E-state index contributed by atoms with van der Waals surface area (Å²) in [5, 5.41) is 0. The number of hydrogen-bond donors (Lipinski definition) is 0. The topological polar surface area (TPSA) is 57.7 Å². The van der Waals surface area contributed by atoms with E-state index in [0.29, 0.717) is 11.1 Å². The zero-order chi connectivity index (χ0) is 18.4. The summed E-state index contributed by atoms with van der Waals surface area (Å²) >= 11 is 0. The normalized spacial score (nSPS) is 17.0. The van der Waals surface area contributed by atoms with Gasteiger partial charge in [-0.15, -0.1) is 0 Å². The number of fused-ring (bicyclic) bond motifs is 1. The highest BCUT2D eigenvalue weighted by atomic mass is 32.2. The largest absolute Gasteiger partial charge is 0.301 e. The summed E-state index contributed by atoms with van der Waals surface area (Å²) in [6.45, 7) is 1.59. The number of carbonyl (C=O) groups is 1. The molecule has 2 aromatic rings. The van der Waals surface area contributed by atoms with Crippen molar-refractivity contribution >= 4 is 15.9 Å². The van der Waals surface area contributed by atoms with Crippen molar-refractivity contribution in [3.05, 3.63) is 65.0 Å². The number of carbonyl (C=O) groups excluding carboxylic acids is 1. The lowest BCUT2D eigenvalue weighted by molar-refractivity contribution is 0.0845. The summed E-state index contributed by atoms with van der Waals surface area (Å²) in [5.41, 5.74) is 1.35. The van der Waals surface area contributed by atoms with Crippen molar-refractivity contribution in [2.45, 2.75) is 17.9 Å². The lowest BCUT2D eigenvalue weighted by atomic mass is 10.1. The maximum absolute atomic E-state index is 13.6. The Morgan fingerprint density at radius 1 is 1.16 bits per heavy atom. The molecule has 1 atom stereocenters. The molecule has 0 bridgehead atoms. The molecule has 2 aromatic carbocycles. The molecular formula is C18H19FN2O3S. The molecule has 7 heteroatoms. The first kappa shape index (κ1) is 17.6. The molecule has 132 valence electrons. The van der Waals surface area contributed by atoms with Gasteiger partial charge in [0.2, 0.25) is 0 Å². The number of nitrogens with zero attached hydrogens (tertiary/aromatic N) is 2. The second-order valence-corrected chi connectivity index (χ2v) is 8.13. The van der Waals surface area contributed by atoms with E-state index in [1.807, 2.05) is 0 Å². The summed E-state index contributed by atoms with van der Waals surface area (Å²) in [6, 6.07) is 10.4. The quantitative estimate of drug-likeness (QED) is 0.839. The van der Waals surface area contributed by atoms with Crippen LogP contribution in [0.4, 0.5) is 4.39 Å². The number of sulfonamides is 1. The SMILES string of the molecule is Cc1cccc2c1S(=O)(=O)N(CC(c1cccc(F)c1)N(C)C)C2=O. The van der Waals surface area contributed by atoms with Gasteiger partial charge in [-0.25, -0.2) is 17.1 Å². The number of hydrogen-bond acceptors (Lipinski definition) is 4. The van der Waals surface area contributed by atoms with E-state index in [-0.39, 0.29) is 17.0 Å². The number of aryl methyl sites for hydroxylation is 1. The highest BCUT2D eigenvalue weighted by Gasteiger charge is 2.43. The molecule has 0 saturated heterocycles. The van der Waals surface area contributed by atoms with Crippen molar-refractivity contribution < 1.29 is 17.6 Å². The van der Waals surface area contributed by atoms with Crippen molar-refractivity contribution in [2.75, 3.05) is 20.6 Å².